The summed E-state index contributed by atoms with van der Waals surface area (Å²) in [5.74, 6) is -0.423. The van der Waals surface area contributed by atoms with E-state index < -0.39 is 0 Å². The average molecular weight is 357 g/mol. The molecule has 0 saturated carbocycles. The number of thiocarbonyl (C=S) groups is 1. The van der Waals surface area contributed by atoms with Crippen LogP contribution in [0.2, 0.25) is 0 Å². The van der Waals surface area contributed by atoms with Crippen molar-refractivity contribution in [3.05, 3.63) is 10.6 Å². The Balaban J connectivity index is 1.91. The van der Waals surface area contributed by atoms with E-state index in [-0.39, 0.29) is 18.3 Å². The van der Waals surface area contributed by atoms with E-state index in [2.05, 4.69) is 14.9 Å². The highest BCUT2D eigenvalue weighted by atomic mass is 32.1. The van der Waals surface area contributed by atoms with Crippen LogP contribution in [0.3, 0.4) is 0 Å². The van der Waals surface area contributed by atoms with Crippen molar-refractivity contribution < 1.29 is 14.3 Å². The third-order valence-corrected chi connectivity index (χ3v) is 4.43. The van der Waals surface area contributed by atoms with Crippen molar-refractivity contribution in [3.8, 4) is 0 Å². The lowest BCUT2D eigenvalue weighted by Gasteiger charge is -2.29. The molecule has 0 bridgehead atoms. The van der Waals surface area contributed by atoms with Crippen LogP contribution in [0.4, 0.5) is 0 Å². The molecule has 0 atom stereocenters. The summed E-state index contributed by atoms with van der Waals surface area (Å²) in [5, 5.41) is 10.6. The number of aryl methyl sites for hydroxylation is 1. The molecule has 2 heterocycles. The van der Waals surface area contributed by atoms with Crippen molar-refractivity contribution in [2.45, 2.75) is 26.7 Å². The monoisotopic (exact) mass is 357 g/mol. The molecule has 23 heavy (non-hydrogen) atoms. The Morgan fingerprint density at radius 3 is 2.78 bits per heavy atom. The number of ether oxygens (including phenoxy) is 1. The summed E-state index contributed by atoms with van der Waals surface area (Å²) < 4.78 is 8.65. The minimum atomic E-state index is -0.275. The van der Waals surface area contributed by atoms with Crippen LogP contribution in [0.15, 0.2) is 0 Å². The number of nitrogens with one attached hydrogen (secondary N) is 1. The molecule has 1 aliphatic heterocycles. The predicted octanol–water partition coefficient (Wildman–Crippen LogP) is 0.737. The fourth-order valence-electron chi connectivity index (χ4n) is 2.17. The Morgan fingerprint density at radius 1 is 1.39 bits per heavy atom. The largest absolute Gasteiger partial charge is 0.466 e. The van der Waals surface area contributed by atoms with Crippen molar-refractivity contribution in [2.75, 3.05) is 26.2 Å². The van der Waals surface area contributed by atoms with E-state index in [0.717, 1.165) is 18.0 Å². The molecule has 10 heteroatoms. The summed E-state index contributed by atoms with van der Waals surface area (Å²) in [6.45, 7) is 5.50. The molecule has 2 rings (SSSR count). The smallest absolute Gasteiger partial charge is 0.307 e. The number of carbonyl (C=O) groups is 2. The van der Waals surface area contributed by atoms with Gasteiger partial charge in [-0.3, -0.25) is 14.6 Å². The second-order valence-electron chi connectivity index (χ2n) is 4.88. The number of amides is 1. The zero-order chi connectivity index (χ0) is 16.8. The van der Waals surface area contributed by atoms with Gasteiger partial charge in [0.05, 0.1) is 18.7 Å². The minimum absolute atomic E-state index is 0.149. The molecular weight excluding hydrogens is 338 g/mol. The fourth-order valence-corrected chi connectivity index (χ4v) is 3.07. The topological polar surface area (TPSA) is 87.7 Å². The molecule has 1 aromatic heterocycles. The lowest BCUT2D eigenvalue weighted by atomic mass is 10.3. The molecular formula is C13H19N5O3S2. The zero-order valence-corrected chi connectivity index (χ0v) is 14.7. The summed E-state index contributed by atoms with van der Waals surface area (Å²) in [6.07, 6.45) is 1.06. The summed E-state index contributed by atoms with van der Waals surface area (Å²) >= 11 is 6.41. The summed E-state index contributed by atoms with van der Waals surface area (Å²) in [7, 11) is 0. The second-order valence-corrected chi connectivity index (χ2v) is 6.02. The van der Waals surface area contributed by atoms with Gasteiger partial charge in [-0.05, 0) is 44.0 Å². The maximum atomic E-state index is 12.6. The number of nitrogens with zero attached hydrogens (tertiary/aromatic N) is 4. The van der Waals surface area contributed by atoms with Crippen molar-refractivity contribution in [1.29, 1.82) is 0 Å². The van der Waals surface area contributed by atoms with Crippen LogP contribution in [0.5, 0.6) is 0 Å². The van der Waals surface area contributed by atoms with Crippen molar-refractivity contribution in [1.82, 2.24) is 24.9 Å². The molecule has 1 N–H and O–H groups in total. The third-order valence-electron chi connectivity index (χ3n) is 3.26. The molecule has 1 aliphatic rings. The van der Waals surface area contributed by atoms with Gasteiger partial charge in [-0.2, -0.15) is 0 Å². The van der Waals surface area contributed by atoms with Gasteiger partial charge in [-0.15, -0.1) is 5.10 Å². The lowest BCUT2D eigenvalue weighted by molar-refractivity contribution is -0.142. The van der Waals surface area contributed by atoms with Crippen LogP contribution in [-0.4, -0.2) is 62.8 Å². The summed E-state index contributed by atoms with van der Waals surface area (Å²) in [6, 6.07) is 0. The Hall–Kier alpha value is -1.81. The summed E-state index contributed by atoms with van der Waals surface area (Å²) in [4.78, 5) is 24.4. The molecule has 1 amide bonds. The second kappa shape index (κ2) is 8.16. The van der Waals surface area contributed by atoms with Crippen LogP contribution < -0.4 is 5.32 Å². The van der Waals surface area contributed by atoms with E-state index in [4.69, 9.17) is 17.0 Å². The molecule has 0 aromatic carbocycles. The Bertz CT molecular complexity index is 592. The van der Waals surface area contributed by atoms with E-state index in [1.807, 2.05) is 0 Å². The minimum Gasteiger partial charge on any atom is -0.466 e. The summed E-state index contributed by atoms with van der Waals surface area (Å²) in [5.41, 5.74) is 0.619. The Morgan fingerprint density at radius 2 is 2.13 bits per heavy atom. The van der Waals surface area contributed by atoms with Crippen LogP contribution in [-0.2, 0) is 9.53 Å². The van der Waals surface area contributed by atoms with E-state index >= 15 is 0 Å². The highest BCUT2D eigenvalue weighted by Gasteiger charge is 2.31. The maximum absolute atomic E-state index is 12.6. The van der Waals surface area contributed by atoms with Crippen LogP contribution in [0.1, 0.15) is 35.1 Å². The first-order chi connectivity index (χ1) is 11.0. The number of hydrogen-bond donors (Lipinski definition) is 1. The number of carbonyl (C=O) groups excluding carboxylic acids is 2. The Labute approximate surface area is 143 Å². The fraction of sp³-hybridized carbons (Fsp3) is 0.615. The Kier molecular flexibility index (Phi) is 6.22. The van der Waals surface area contributed by atoms with Crippen molar-refractivity contribution >= 4 is 40.7 Å². The molecule has 0 spiro atoms. The molecule has 1 fully saturated rings. The average Bonchev–Trinajstić information content (AvgIpc) is 3.15. The predicted molar refractivity (Wildman–Crippen MR) is 88.9 cm³/mol. The van der Waals surface area contributed by atoms with Gasteiger partial charge in [-0.1, -0.05) is 4.49 Å². The highest BCUT2D eigenvalue weighted by Crippen LogP contribution is 2.18. The number of esters is 1. The zero-order valence-electron chi connectivity index (χ0n) is 13.1. The lowest BCUT2D eigenvalue weighted by Crippen LogP contribution is -2.49. The first kappa shape index (κ1) is 17.5. The molecule has 0 aliphatic carbocycles. The number of hydrogen-bond acceptors (Lipinski definition) is 7. The number of hydrazine groups is 1. The highest BCUT2D eigenvalue weighted by molar-refractivity contribution is 7.80. The van der Waals surface area contributed by atoms with E-state index in [9.17, 15) is 9.59 Å². The van der Waals surface area contributed by atoms with Gasteiger partial charge < -0.3 is 10.1 Å². The van der Waals surface area contributed by atoms with Gasteiger partial charge in [-0.25, -0.2) is 5.01 Å². The van der Waals surface area contributed by atoms with E-state index in [1.54, 1.807) is 23.9 Å². The molecule has 1 saturated heterocycles. The van der Waals surface area contributed by atoms with Crippen LogP contribution in [0.25, 0.3) is 0 Å². The standard InChI is InChI=1S/C13H19N5O3S2/c1-3-21-10(19)5-6-14-13(22)18-8-4-7-17(18)12(20)11-9(2)15-16-23-11/h3-8H2,1-2H3,(H,14,22). The first-order valence-electron chi connectivity index (χ1n) is 7.36. The number of rotatable bonds is 5. The van der Waals surface area contributed by atoms with Crippen molar-refractivity contribution in [2.24, 2.45) is 0 Å². The van der Waals surface area contributed by atoms with E-state index in [1.165, 1.54) is 0 Å². The van der Waals surface area contributed by atoms with Gasteiger partial charge >= 0.3 is 5.97 Å². The molecule has 0 unspecified atom stereocenters. The van der Waals surface area contributed by atoms with Gasteiger partial charge in [0.2, 0.25) is 0 Å². The van der Waals surface area contributed by atoms with Gasteiger partial charge in [0.1, 0.15) is 4.88 Å². The van der Waals surface area contributed by atoms with Gasteiger partial charge in [0, 0.05) is 19.6 Å². The van der Waals surface area contributed by atoms with Gasteiger partial charge in [0.25, 0.3) is 5.91 Å². The van der Waals surface area contributed by atoms with Gasteiger partial charge in [0.15, 0.2) is 5.11 Å². The SMILES string of the molecule is CCOC(=O)CCNC(=S)N1CCCN1C(=O)c1snnc1C. The molecule has 8 nitrogen and oxygen atoms in total. The van der Waals surface area contributed by atoms with Crippen LogP contribution >= 0.6 is 23.8 Å². The third kappa shape index (κ3) is 4.35. The molecule has 1 aromatic rings. The number of aromatic nitrogens is 2. The quantitative estimate of drug-likeness (QED) is 0.610. The molecule has 126 valence electrons. The normalized spacial score (nSPS) is 14.0. The molecule has 0 radical (unpaired) electrons. The van der Waals surface area contributed by atoms with Crippen LogP contribution in [0, 0.1) is 6.92 Å². The van der Waals surface area contributed by atoms with E-state index in [0.29, 0.717) is 41.9 Å². The maximum Gasteiger partial charge on any atom is 0.307 e. The first-order valence-corrected chi connectivity index (χ1v) is 8.54. The van der Waals surface area contributed by atoms with Crippen molar-refractivity contribution in [3.63, 3.8) is 0 Å².